The predicted molar refractivity (Wildman–Crippen MR) is 98.3 cm³/mol. The second kappa shape index (κ2) is 5.79. The maximum atomic E-state index is 13.4. The van der Waals surface area contributed by atoms with Crippen molar-refractivity contribution >= 4 is 37.7 Å². The molecule has 3 aromatic heterocycles. The van der Waals surface area contributed by atoms with E-state index in [1.165, 1.54) is 6.20 Å². The molecule has 1 aliphatic rings. The highest BCUT2D eigenvalue weighted by atomic mass is 79.9. The summed E-state index contributed by atoms with van der Waals surface area (Å²) in [5.74, 6) is 0. The Morgan fingerprint density at radius 1 is 0.963 bits per heavy atom. The monoisotopic (exact) mass is 435 g/mol. The van der Waals surface area contributed by atoms with Gasteiger partial charge in [-0.3, -0.25) is 10.2 Å². The molecule has 0 saturated heterocycles. The largest absolute Gasteiger partial charge is 0.433 e. The van der Waals surface area contributed by atoms with E-state index in [1.807, 2.05) is 12.1 Å². The molecule has 5 rings (SSSR count). The second-order valence-corrected chi connectivity index (χ2v) is 7.47. The quantitative estimate of drug-likeness (QED) is 0.433. The molecule has 27 heavy (non-hydrogen) atoms. The zero-order chi connectivity index (χ0) is 18.8. The number of halogens is 4. The van der Waals surface area contributed by atoms with E-state index in [4.69, 9.17) is 0 Å². The Labute approximate surface area is 159 Å². The molecule has 5 nitrogen and oxygen atoms in total. The van der Waals surface area contributed by atoms with Crippen molar-refractivity contribution in [2.45, 2.75) is 31.9 Å². The second-order valence-electron chi connectivity index (χ2n) is 6.67. The van der Waals surface area contributed by atoms with Crippen LogP contribution in [0.15, 0.2) is 22.9 Å². The molecule has 0 atom stereocenters. The average molecular weight is 436 g/mol. The minimum Gasteiger partial charge on any atom is -0.273 e. The number of rotatable bonds is 1. The van der Waals surface area contributed by atoms with Crippen LogP contribution in [0.2, 0.25) is 0 Å². The Morgan fingerprint density at radius 2 is 1.70 bits per heavy atom. The van der Waals surface area contributed by atoms with E-state index in [0.717, 1.165) is 51.3 Å². The molecule has 3 heterocycles. The predicted octanol–water partition coefficient (Wildman–Crippen LogP) is 5.16. The highest BCUT2D eigenvalue weighted by Crippen LogP contribution is 2.42. The first-order chi connectivity index (χ1) is 12.9. The maximum Gasteiger partial charge on any atom is 0.433 e. The van der Waals surface area contributed by atoms with Crippen LogP contribution in [0.4, 0.5) is 13.2 Å². The van der Waals surface area contributed by atoms with Gasteiger partial charge in [-0.2, -0.15) is 23.4 Å². The van der Waals surface area contributed by atoms with Gasteiger partial charge in [-0.25, -0.2) is 4.98 Å². The topological polar surface area (TPSA) is 70.2 Å². The van der Waals surface area contributed by atoms with Gasteiger partial charge in [0.2, 0.25) is 0 Å². The lowest BCUT2D eigenvalue weighted by Gasteiger charge is -2.22. The summed E-state index contributed by atoms with van der Waals surface area (Å²) in [6.07, 6.45) is 0.128. The summed E-state index contributed by atoms with van der Waals surface area (Å²) in [6, 6.07) is 3.64. The van der Waals surface area contributed by atoms with Gasteiger partial charge in [0.05, 0.1) is 28.5 Å². The fraction of sp³-hybridized carbons (Fsp3) is 0.278. The number of hydrogen-bond acceptors (Lipinski definition) is 3. The van der Waals surface area contributed by atoms with Crippen molar-refractivity contribution in [1.29, 1.82) is 0 Å². The van der Waals surface area contributed by atoms with Crippen molar-refractivity contribution in [3.63, 3.8) is 0 Å². The third-order valence-corrected chi connectivity index (χ3v) is 5.69. The van der Waals surface area contributed by atoms with Crippen molar-refractivity contribution in [1.82, 2.24) is 25.4 Å². The van der Waals surface area contributed by atoms with Gasteiger partial charge < -0.3 is 0 Å². The molecule has 0 spiro atoms. The standard InChI is InChI=1S/C18H13BrF3N5/c19-17-14-12(25-27-17)6-5-11-13(14)8-3-1-2-4-9(8)15(24-11)10-7-23-26-16(10)18(20,21)22/h5-7H,1-4H2,(H,23,26)(H,25,27). The molecule has 2 N–H and O–H groups in total. The van der Waals surface area contributed by atoms with E-state index in [9.17, 15) is 13.2 Å². The summed E-state index contributed by atoms with van der Waals surface area (Å²) in [5.41, 5.74) is 2.92. The first kappa shape index (κ1) is 16.7. The number of nitrogens with zero attached hydrogens (tertiary/aromatic N) is 3. The van der Waals surface area contributed by atoms with Gasteiger partial charge in [0, 0.05) is 10.8 Å². The van der Waals surface area contributed by atoms with Crippen LogP contribution in [-0.4, -0.2) is 25.4 Å². The highest BCUT2D eigenvalue weighted by molar-refractivity contribution is 9.10. The number of aromatic amines is 2. The molecule has 0 bridgehead atoms. The van der Waals surface area contributed by atoms with E-state index in [0.29, 0.717) is 17.6 Å². The van der Waals surface area contributed by atoms with Crippen LogP contribution >= 0.6 is 15.9 Å². The van der Waals surface area contributed by atoms with Crippen LogP contribution in [0.5, 0.6) is 0 Å². The van der Waals surface area contributed by atoms with E-state index in [1.54, 1.807) is 0 Å². The summed E-state index contributed by atoms with van der Waals surface area (Å²) in [4.78, 5) is 4.65. The van der Waals surface area contributed by atoms with Crippen LogP contribution in [0.3, 0.4) is 0 Å². The number of benzene rings is 1. The molecule has 4 aromatic rings. The van der Waals surface area contributed by atoms with Crippen molar-refractivity contribution in [3.05, 3.63) is 39.8 Å². The zero-order valence-corrected chi connectivity index (χ0v) is 15.5. The molecular formula is C18H13BrF3N5. The molecular weight excluding hydrogens is 423 g/mol. The number of aromatic nitrogens is 5. The lowest BCUT2D eigenvalue weighted by atomic mass is 9.85. The maximum absolute atomic E-state index is 13.4. The molecule has 1 aromatic carbocycles. The Morgan fingerprint density at radius 3 is 2.48 bits per heavy atom. The minimum atomic E-state index is -4.51. The lowest BCUT2D eigenvalue weighted by Crippen LogP contribution is -2.11. The van der Waals surface area contributed by atoms with E-state index < -0.39 is 11.9 Å². The fourth-order valence-electron chi connectivity index (χ4n) is 3.99. The van der Waals surface area contributed by atoms with Crippen LogP contribution in [-0.2, 0) is 19.0 Å². The fourth-order valence-corrected chi connectivity index (χ4v) is 4.48. The molecule has 9 heteroatoms. The van der Waals surface area contributed by atoms with Crippen LogP contribution in [0.25, 0.3) is 33.1 Å². The third-order valence-electron chi connectivity index (χ3n) is 5.12. The summed E-state index contributed by atoms with van der Waals surface area (Å²) in [7, 11) is 0. The zero-order valence-electron chi connectivity index (χ0n) is 13.9. The first-order valence-electron chi connectivity index (χ1n) is 8.54. The van der Waals surface area contributed by atoms with E-state index in [2.05, 4.69) is 41.3 Å². The Balaban J connectivity index is 1.89. The van der Waals surface area contributed by atoms with E-state index >= 15 is 0 Å². The number of alkyl halides is 3. The molecule has 0 aliphatic heterocycles. The Kier molecular flexibility index (Phi) is 3.59. The average Bonchev–Trinajstić information content (AvgIpc) is 3.28. The molecule has 138 valence electrons. The number of pyridine rings is 1. The lowest BCUT2D eigenvalue weighted by molar-refractivity contribution is -0.140. The van der Waals surface area contributed by atoms with Crippen molar-refractivity contribution < 1.29 is 13.2 Å². The normalized spacial score (nSPS) is 14.8. The number of fused-ring (bicyclic) bond motifs is 5. The van der Waals surface area contributed by atoms with Gasteiger partial charge in [0.15, 0.2) is 0 Å². The highest BCUT2D eigenvalue weighted by Gasteiger charge is 2.37. The summed E-state index contributed by atoms with van der Waals surface area (Å²) < 4.78 is 41.0. The van der Waals surface area contributed by atoms with Gasteiger partial charge in [0.1, 0.15) is 10.3 Å². The van der Waals surface area contributed by atoms with Crippen molar-refractivity contribution in [2.24, 2.45) is 0 Å². The minimum absolute atomic E-state index is 0.00825. The van der Waals surface area contributed by atoms with Gasteiger partial charge in [0.25, 0.3) is 0 Å². The van der Waals surface area contributed by atoms with Gasteiger partial charge in [-0.15, -0.1) is 0 Å². The third kappa shape index (κ3) is 2.48. The van der Waals surface area contributed by atoms with Crippen LogP contribution < -0.4 is 0 Å². The Hall–Kier alpha value is -2.42. The van der Waals surface area contributed by atoms with Crippen LogP contribution in [0.1, 0.15) is 29.7 Å². The number of hydrogen-bond donors (Lipinski definition) is 2. The SMILES string of the molecule is FC(F)(F)c1[nH]ncc1-c1nc2ccc3n[nH]c(Br)c3c2c2c1CCCC2. The summed E-state index contributed by atoms with van der Waals surface area (Å²) >= 11 is 3.50. The summed E-state index contributed by atoms with van der Waals surface area (Å²) in [5, 5.41) is 14.8. The van der Waals surface area contributed by atoms with Crippen LogP contribution in [0, 0.1) is 0 Å². The van der Waals surface area contributed by atoms with Gasteiger partial charge in [-0.05, 0) is 64.9 Å². The number of aryl methyl sites for hydroxylation is 1. The molecule has 0 unspecified atom stereocenters. The number of nitrogens with one attached hydrogen (secondary N) is 2. The van der Waals surface area contributed by atoms with Crippen molar-refractivity contribution in [3.8, 4) is 11.3 Å². The van der Waals surface area contributed by atoms with Gasteiger partial charge >= 0.3 is 6.18 Å². The molecule has 0 amide bonds. The molecule has 0 saturated carbocycles. The molecule has 0 fully saturated rings. The smallest absolute Gasteiger partial charge is 0.273 e. The Bertz CT molecular complexity index is 1190. The molecule has 1 aliphatic carbocycles. The molecule has 0 radical (unpaired) electrons. The van der Waals surface area contributed by atoms with Gasteiger partial charge in [-0.1, -0.05) is 0 Å². The summed E-state index contributed by atoms with van der Waals surface area (Å²) in [6.45, 7) is 0. The number of H-pyrrole nitrogens is 2. The van der Waals surface area contributed by atoms with E-state index in [-0.39, 0.29) is 5.56 Å². The first-order valence-corrected chi connectivity index (χ1v) is 9.33. The van der Waals surface area contributed by atoms with Crippen molar-refractivity contribution in [2.75, 3.05) is 0 Å².